The van der Waals surface area contributed by atoms with E-state index in [1.165, 1.54) is 11.7 Å². The average molecular weight is 294 g/mol. The molecule has 0 atom stereocenters. The van der Waals surface area contributed by atoms with Crippen molar-refractivity contribution in [1.82, 2.24) is 15.8 Å². The highest BCUT2D eigenvalue weighted by Crippen LogP contribution is 2.10. The summed E-state index contributed by atoms with van der Waals surface area (Å²) in [5.74, 6) is -1.08. The van der Waals surface area contributed by atoms with Gasteiger partial charge in [0.1, 0.15) is 11.6 Å². The van der Waals surface area contributed by atoms with E-state index in [4.69, 9.17) is 5.21 Å². The molecule has 21 heavy (non-hydrogen) atoms. The van der Waals surface area contributed by atoms with Crippen molar-refractivity contribution in [2.45, 2.75) is 27.3 Å². The van der Waals surface area contributed by atoms with E-state index in [2.05, 4.69) is 21.9 Å². The van der Waals surface area contributed by atoms with E-state index in [0.717, 1.165) is 6.07 Å². The molecule has 0 radical (unpaired) electrons. The first-order valence-electron chi connectivity index (χ1n) is 6.30. The van der Waals surface area contributed by atoms with E-state index in [0.29, 0.717) is 5.82 Å². The topological polar surface area (TPSA) is 86.6 Å². The van der Waals surface area contributed by atoms with Crippen LogP contribution in [0.4, 0.5) is 4.39 Å². The molecule has 0 saturated heterocycles. The summed E-state index contributed by atoms with van der Waals surface area (Å²) in [5, 5.41) is 11.3. The molecule has 1 aromatic heterocycles. The fraction of sp³-hybridized carbons (Fsp3) is 0.357. The Balaban J connectivity index is 2.66. The molecule has 0 aromatic carbocycles. The second-order valence-corrected chi connectivity index (χ2v) is 5.52. The Labute approximate surface area is 122 Å². The van der Waals surface area contributed by atoms with Gasteiger partial charge in [0.05, 0.1) is 17.8 Å². The Hall–Kier alpha value is -2.28. The first kappa shape index (κ1) is 16.8. The molecule has 114 valence electrons. The zero-order valence-corrected chi connectivity index (χ0v) is 12.3. The standard InChI is InChI=1S/C14H19FN4O2/c1-9(18-8-14(2,3)4)16-7-12-11(15)5-10(6-17-12)13(20)19-21/h5-6,8,16,21H,1,7H2,2-4H3,(H,19,20). The molecular weight excluding hydrogens is 275 g/mol. The van der Waals surface area contributed by atoms with Gasteiger partial charge in [-0.25, -0.2) is 14.9 Å². The molecule has 1 rings (SSSR count). The molecule has 0 saturated carbocycles. The number of amides is 1. The van der Waals surface area contributed by atoms with E-state index in [-0.39, 0.29) is 23.2 Å². The number of rotatable bonds is 5. The molecule has 7 heteroatoms. The number of carbonyl (C=O) groups excluding carboxylic acids is 1. The van der Waals surface area contributed by atoms with E-state index >= 15 is 0 Å². The van der Waals surface area contributed by atoms with E-state index in [1.54, 1.807) is 6.21 Å². The molecule has 3 N–H and O–H groups in total. The monoisotopic (exact) mass is 294 g/mol. The Morgan fingerprint density at radius 2 is 2.24 bits per heavy atom. The number of halogens is 1. The number of carbonyl (C=O) groups is 1. The number of aliphatic imine (C=N–C) groups is 1. The molecular formula is C14H19FN4O2. The summed E-state index contributed by atoms with van der Waals surface area (Å²) in [6.45, 7) is 9.78. The smallest absolute Gasteiger partial charge is 0.276 e. The maximum absolute atomic E-state index is 13.7. The number of nitrogens with zero attached hydrogens (tertiary/aromatic N) is 2. The summed E-state index contributed by atoms with van der Waals surface area (Å²) < 4.78 is 13.7. The van der Waals surface area contributed by atoms with Crippen LogP contribution < -0.4 is 10.8 Å². The lowest BCUT2D eigenvalue weighted by Gasteiger charge is -2.11. The molecule has 0 spiro atoms. The highest BCUT2D eigenvalue weighted by atomic mass is 19.1. The third kappa shape index (κ3) is 5.70. The molecule has 6 nitrogen and oxygen atoms in total. The van der Waals surface area contributed by atoms with Crippen LogP contribution in [0.1, 0.15) is 36.8 Å². The summed E-state index contributed by atoms with van der Waals surface area (Å²) in [6, 6.07) is 0.997. The number of pyridine rings is 1. The molecule has 0 bridgehead atoms. The van der Waals surface area contributed by atoms with Gasteiger partial charge in [0.25, 0.3) is 5.91 Å². The van der Waals surface area contributed by atoms with Crippen molar-refractivity contribution in [2.24, 2.45) is 10.4 Å². The van der Waals surface area contributed by atoms with Crippen LogP contribution >= 0.6 is 0 Å². The predicted octanol–water partition coefficient (Wildman–Crippen LogP) is 2.02. The Kier molecular flexibility index (Phi) is 5.54. The predicted molar refractivity (Wildman–Crippen MR) is 77.4 cm³/mol. The zero-order chi connectivity index (χ0) is 16.0. The third-order valence-corrected chi connectivity index (χ3v) is 2.35. The molecule has 1 aromatic rings. The number of hydroxylamine groups is 1. The maximum atomic E-state index is 13.7. The van der Waals surface area contributed by atoms with Crippen LogP contribution in [0.5, 0.6) is 0 Å². The minimum absolute atomic E-state index is 0.0664. The van der Waals surface area contributed by atoms with Crippen molar-refractivity contribution in [2.75, 3.05) is 0 Å². The van der Waals surface area contributed by atoms with E-state index in [9.17, 15) is 9.18 Å². The van der Waals surface area contributed by atoms with Gasteiger partial charge in [-0.05, 0) is 11.5 Å². The lowest BCUT2D eigenvalue weighted by molar-refractivity contribution is 0.0705. The molecule has 0 unspecified atom stereocenters. The molecule has 0 fully saturated rings. The Morgan fingerprint density at radius 1 is 1.57 bits per heavy atom. The van der Waals surface area contributed by atoms with Crippen molar-refractivity contribution in [3.8, 4) is 0 Å². The number of hydrogen-bond acceptors (Lipinski definition) is 5. The Morgan fingerprint density at radius 3 is 2.76 bits per heavy atom. The fourth-order valence-electron chi connectivity index (χ4n) is 1.29. The number of hydrogen-bond donors (Lipinski definition) is 3. The van der Waals surface area contributed by atoms with Crippen LogP contribution in [-0.4, -0.2) is 22.3 Å². The molecule has 0 aliphatic rings. The quantitative estimate of drug-likeness (QED) is 0.440. The minimum Gasteiger partial charge on any atom is -0.365 e. The molecule has 1 heterocycles. The van der Waals surface area contributed by atoms with Crippen LogP contribution in [0.15, 0.2) is 29.7 Å². The first-order chi connectivity index (χ1) is 9.73. The van der Waals surface area contributed by atoms with Crippen LogP contribution in [0.2, 0.25) is 0 Å². The van der Waals surface area contributed by atoms with Crippen LogP contribution in [0, 0.1) is 11.2 Å². The highest BCUT2D eigenvalue weighted by molar-refractivity contribution is 5.92. The Bertz CT molecular complexity index is 565. The second kappa shape index (κ2) is 6.94. The van der Waals surface area contributed by atoms with Crippen molar-refractivity contribution >= 4 is 12.1 Å². The van der Waals surface area contributed by atoms with Gasteiger partial charge in [-0.2, -0.15) is 0 Å². The molecule has 0 aliphatic heterocycles. The van der Waals surface area contributed by atoms with Gasteiger partial charge in [-0.1, -0.05) is 27.4 Å². The molecule has 0 aliphatic carbocycles. The lowest BCUT2D eigenvalue weighted by Crippen LogP contribution is -2.20. The minimum atomic E-state index is -0.819. The van der Waals surface area contributed by atoms with Gasteiger partial charge < -0.3 is 5.32 Å². The fourth-order valence-corrected chi connectivity index (χ4v) is 1.29. The summed E-state index contributed by atoms with van der Waals surface area (Å²) in [4.78, 5) is 19.1. The lowest BCUT2D eigenvalue weighted by atomic mass is 9.99. The van der Waals surface area contributed by atoms with Gasteiger partial charge in [0.2, 0.25) is 0 Å². The van der Waals surface area contributed by atoms with Gasteiger partial charge >= 0.3 is 0 Å². The maximum Gasteiger partial charge on any atom is 0.276 e. The summed E-state index contributed by atoms with van der Waals surface area (Å²) in [6.07, 6.45) is 2.91. The summed E-state index contributed by atoms with van der Waals surface area (Å²) >= 11 is 0. The van der Waals surface area contributed by atoms with Crippen LogP contribution in [0.3, 0.4) is 0 Å². The highest BCUT2D eigenvalue weighted by Gasteiger charge is 2.10. The van der Waals surface area contributed by atoms with Crippen LogP contribution in [-0.2, 0) is 6.54 Å². The van der Waals surface area contributed by atoms with Gasteiger partial charge in [-0.15, -0.1) is 0 Å². The summed E-state index contributed by atoms with van der Waals surface area (Å²) in [5.41, 5.74) is 1.39. The van der Waals surface area contributed by atoms with Gasteiger partial charge in [-0.3, -0.25) is 15.0 Å². The summed E-state index contributed by atoms with van der Waals surface area (Å²) in [7, 11) is 0. The largest absolute Gasteiger partial charge is 0.365 e. The average Bonchev–Trinajstić information content (AvgIpc) is 2.42. The number of nitrogens with one attached hydrogen (secondary N) is 2. The first-order valence-corrected chi connectivity index (χ1v) is 6.30. The number of aromatic nitrogens is 1. The zero-order valence-electron chi connectivity index (χ0n) is 12.3. The van der Waals surface area contributed by atoms with Crippen molar-refractivity contribution in [3.63, 3.8) is 0 Å². The van der Waals surface area contributed by atoms with Crippen LogP contribution in [0.25, 0.3) is 0 Å². The van der Waals surface area contributed by atoms with E-state index < -0.39 is 11.7 Å². The second-order valence-electron chi connectivity index (χ2n) is 5.52. The molecule has 1 amide bonds. The third-order valence-electron chi connectivity index (χ3n) is 2.35. The van der Waals surface area contributed by atoms with Crippen molar-refractivity contribution in [3.05, 3.63) is 41.7 Å². The van der Waals surface area contributed by atoms with E-state index in [1.807, 2.05) is 20.8 Å². The van der Waals surface area contributed by atoms with Crippen molar-refractivity contribution in [1.29, 1.82) is 0 Å². The van der Waals surface area contributed by atoms with Gasteiger partial charge in [0.15, 0.2) is 0 Å². The van der Waals surface area contributed by atoms with Crippen molar-refractivity contribution < 1.29 is 14.4 Å². The normalized spacial score (nSPS) is 11.5. The van der Waals surface area contributed by atoms with Gasteiger partial charge in [0, 0.05) is 12.4 Å². The SMILES string of the molecule is C=C(N=CC(C)(C)C)NCc1ncc(C(=O)NO)cc1F.